The first-order chi connectivity index (χ1) is 7.00. The first-order valence-electron chi connectivity index (χ1n) is 5.62. The Labute approximate surface area is 92.2 Å². The van der Waals surface area contributed by atoms with Crippen molar-refractivity contribution in [3.05, 3.63) is 0 Å². The first kappa shape index (κ1) is 12.3. The Bertz CT molecular complexity index is 217. The van der Waals surface area contributed by atoms with Crippen molar-refractivity contribution in [1.82, 2.24) is 9.80 Å². The zero-order valence-corrected chi connectivity index (χ0v) is 10.2. The summed E-state index contributed by atoms with van der Waals surface area (Å²) < 4.78 is 5.21. The van der Waals surface area contributed by atoms with Crippen molar-refractivity contribution in [1.29, 1.82) is 0 Å². The maximum absolute atomic E-state index is 11.7. The van der Waals surface area contributed by atoms with Crippen LogP contribution in [0.4, 0.5) is 4.79 Å². The van der Waals surface area contributed by atoms with Gasteiger partial charge >= 0.3 is 6.09 Å². The van der Waals surface area contributed by atoms with Crippen LogP contribution in [0.1, 0.15) is 26.7 Å². The van der Waals surface area contributed by atoms with Crippen molar-refractivity contribution in [3.8, 4) is 0 Å². The Kier molecular flexibility index (Phi) is 4.39. The fraction of sp³-hybridized carbons (Fsp3) is 0.909. The standard InChI is InChI=1S/C11H22N2O2/c1-9(2)15-11(14)13-7-5-6-10(13)8-12(3)4/h9-10H,5-8H2,1-4H3. The SMILES string of the molecule is CC(C)OC(=O)N1CCCC1CN(C)C. The van der Waals surface area contributed by atoms with Crippen molar-refractivity contribution in [2.24, 2.45) is 0 Å². The van der Waals surface area contributed by atoms with Crippen LogP contribution in [0, 0.1) is 0 Å². The Morgan fingerprint density at radius 1 is 1.53 bits per heavy atom. The average Bonchev–Trinajstić information content (AvgIpc) is 2.49. The molecule has 1 unspecified atom stereocenters. The molecule has 0 spiro atoms. The van der Waals surface area contributed by atoms with Crippen LogP contribution in [0.2, 0.25) is 0 Å². The van der Waals surface area contributed by atoms with Gasteiger partial charge in [0.25, 0.3) is 0 Å². The highest BCUT2D eigenvalue weighted by atomic mass is 16.6. The van der Waals surface area contributed by atoms with Crippen LogP contribution >= 0.6 is 0 Å². The maximum Gasteiger partial charge on any atom is 0.410 e. The van der Waals surface area contributed by atoms with Crippen LogP contribution < -0.4 is 0 Å². The van der Waals surface area contributed by atoms with E-state index in [9.17, 15) is 4.79 Å². The lowest BCUT2D eigenvalue weighted by Gasteiger charge is -2.27. The van der Waals surface area contributed by atoms with Crippen LogP contribution in [-0.4, -0.2) is 55.2 Å². The molecule has 0 radical (unpaired) electrons. The lowest BCUT2D eigenvalue weighted by Crippen LogP contribution is -2.42. The zero-order chi connectivity index (χ0) is 11.4. The molecule has 0 aromatic carbocycles. The number of rotatable bonds is 3. The molecule has 1 aliphatic rings. The van der Waals surface area contributed by atoms with E-state index in [1.807, 2.05) is 32.8 Å². The quantitative estimate of drug-likeness (QED) is 0.714. The normalized spacial score (nSPS) is 21.5. The molecule has 1 atom stereocenters. The largest absolute Gasteiger partial charge is 0.447 e. The van der Waals surface area contributed by atoms with E-state index < -0.39 is 0 Å². The van der Waals surface area contributed by atoms with Gasteiger partial charge in [0.05, 0.1) is 6.10 Å². The zero-order valence-electron chi connectivity index (χ0n) is 10.2. The summed E-state index contributed by atoms with van der Waals surface area (Å²) in [5.41, 5.74) is 0. The fourth-order valence-corrected chi connectivity index (χ4v) is 1.96. The third-order valence-corrected chi connectivity index (χ3v) is 2.52. The van der Waals surface area contributed by atoms with Gasteiger partial charge in [-0.25, -0.2) is 4.79 Å². The number of hydrogen-bond donors (Lipinski definition) is 0. The minimum Gasteiger partial charge on any atom is -0.447 e. The van der Waals surface area contributed by atoms with Gasteiger partial charge in [-0.15, -0.1) is 0 Å². The summed E-state index contributed by atoms with van der Waals surface area (Å²) in [5, 5.41) is 0. The van der Waals surface area contributed by atoms with Crippen molar-refractivity contribution in [2.45, 2.75) is 38.8 Å². The topological polar surface area (TPSA) is 32.8 Å². The predicted octanol–water partition coefficient (Wildman–Crippen LogP) is 1.56. The lowest BCUT2D eigenvalue weighted by atomic mass is 10.2. The highest BCUT2D eigenvalue weighted by molar-refractivity contribution is 5.68. The van der Waals surface area contributed by atoms with Gasteiger partial charge in [0.1, 0.15) is 0 Å². The van der Waals surface area contributed by atoms with Gasteiger partial charge in [-0.2, -0.15) is 0 Å². The number of nitrogens with zero attached hydrogens (tertiary/aromatic N) is 2. The number of carbonyl (C=O) groups is 1. The van der Waals surface area contributed by atoms with E-state index in [4.69, 9.17) is 4.74 Å². The van der Waals surface area contributed by atoms with Gasteiger partial charge in [0.2, 0.25) is 0 Å². The minimum atomic E-state index is -0.158. The lowest BCUT2D eigenvalue weighted by molar-refractivity contribution is 0.0698. The Balaban J connectivity index is 2.48. The Hall–Kier alpha value is -0.770. The van der Waals surface area contributed by atoms with Gasteiger partial charge in [-0.1, -0.05) is 0 Å². The molecule has 1 heterocycles. The van der Waals surface area contributed by atoms with Gasteiger partial charge < -0.3 is 14.5 Å². The molecule has 4 heteroatoms. The molecule has 0 saturated carbocycles. The molecule has 1 rings (SSSR count). The molecular formula is C11H22N2O2. The first-order valence-corrected chi connectivity index (χ1v) is 5.62. The van der Waals surface area contributed by atoms with Crippen LogP contribution in [0.3, 0.4) is 0 Å². The molecule has 1 saturated heterocycles. The van der Waals surface area contributed by atoms with E-state index in [2.05, 4.69) is 4.90 Å². The third-order valence-electron chi connectivity index (χ3n) is 2.52. The molecule has 1 fully saturated rings. The molecule has 1 aliphatic heterocycles. The second-order valence-electron chi connectivity index (χ2n) is 4.68. The smallest absolute Gasteiger partial charge is 0.410 e. The second-order valence-corrected chi connectivity index (χ2v) is 4.68. The number of likely N-dealkylation sites (tertiary alicyclic amines) is 1. The van der Waals surface area contributed by atoms with Crippen LogP contribution in [0.15, 0.2) is 0 Å². The molecule has 0 aromatic heterocycles. The van der Waals surface area contributed by atoms with Crippen molar-refractivity contribution < 1.29 is 9.53 Å². The van der Waals surface area contributed by atoms with Gasteiger partial charge in [0, 0.05) is 19.1 Å². The van der Waals surface area contributed by atoms with Crippen molar-refractivity contribution in [2.75, 3.05) is 27.2 Å². The minimum absolute atomic E-state index is 0.0295. The van der Waals surface area contributed by atoms with E-state index >= 15 is 0 Å². The summed E-state index contributed by atoms with van der Waals surface area (Å²) in [6, 6.07) is 0.325. The Morgan fingerprint density at radius 3 is 2.73 bits per heavy atom. The molecule has 4 nitrogen and oxygen atoms in total. The second kappa shape index (κ2) is 5.35. The van der Waals surface area contributed by atoms with Crippen molar-refractivity contribution >= 4 is 6.09 Å². The molecule has 0 aromatic rings. The molecular weight excluding hydrogens is 192 g/mol. The maximum atomic E-state index is 11.7. The molecule has 0 aliphatic carbocycles. The van der Waals surface area contributed by atoms with E-state index in [1.165, 1.54) is 0 Å². The number of hydrogen-bond acceptors (Lipinski definition) is 3. The van der Waals surface area contributed by atoms with E-state index in [0.717, 1.165) is 25.9 Å². The molecule has 0 N–H and O–H groups in total. The highest BCUT2D eigenvalue weighted by Gasteiger charge is 2.30. The summed E-state index contributed by atoms with van der Waals surface area (Å²) in [7, 11) is 4.06. The monoisotopic (exact) mass is 214 g/mol. The number of amides is 1. The van der Waals surface area contributed by atoms with E-state index in [-0.39, 0.29) is 12.2 Å². The summed E-state index contributed by atoms with van der Waals surface area (Å²) >= 11 is 0. The fourth-order valence-electron chi connectivity index (χ4n) is 1.96. The van der Waals surface area contributed by atoms with E-state index in [0.29, 0.717) is 6.04 Å². The van der Waals surface area contributed by atoms with Crippen LogP contribution in [0.25, 0.3) is 0 Å². The van der Waals surface area contributed by atoms with Gasteiger partial charge in [-0.3, -0.25) is 0 Å². The van der Waals surface area contributed by atoms with Gasteiger partial charge in [0.15, 0.2) is 0 Å². The van der Waals surface area contributed by atoms with Gasteiger partial charge in [-0.05, 0) is 40.8 Å². The summed E-state index contributed by atoms with van der Waals surface area (Å²) in [5.74, 6) is 0. The summed E-state index contributed by atoms with van der Waals surface area (Å²) in [6.45, 7) is 5.53. The van der Waals surface area contributed by atoms with Crippen molar-refractivity contribution in [3.63, 3.8) is 0 Å². The molecule has 1 amide bonds. The third kappa shape index (κ3) is 3.70. The molecule has 88 valence electrons. The summed E-state index contributed by atoms with van der Waals surface area (Å²) in [4.78, 5) is 15.7. The Morgan fingerprint density at radius 2 is 2.20 bits per heavy atom. The van der Waals surface area contributed by atoms with E-state index in [1.54, 1.807) is 0 Å². The predicted molar refractivity (Wildman–Crippen MR) is 59.9 cm³/mol. The summed E-state index contributed by atoms with van der Waals surface area (Å²) in [6.07, 6.45) is 1.99. The molecule has 15 heavy (non-hydrogen) atoms. The van der Waals surface area contributed by atoms with Crippen LogP contribution in [0.5, 0.6) is 0 Å². The number of likely N-dealkylation sites (N-methyl/N-ethyl adjacent to an activating group) is 1. The van der Waals surface area contributed by atoms with Crippen LogP contribution in [-0.2, 0) is 4.74 Å². The number of carbonyl (C=O) groups excluding carboxylic acids is 1. The highest BCUT2D eigenvalue weighted by Crippen LogP contribution is 2.19. The number of ether oxygens (including phenoxy) is 1. The average molecular weight is 214 g/mol. The molecule has 0 bridgehead atoms.